The SMILES string of the molecule is CCN(C)c1ccccc1NC(=O)c1ccc(-c2ccco2)[nH]c1=O. The van der Waals surface area contributed by atoms with Crippen molar-refractivity contribution in [3.05, 3.63) is 70.7 Å². The van der Waals surface area contributed by atoms with E-state index < -0.39 is 11.5 Å². The number of hydrogen-bond donors (Lipinski definition) is 2. The fourth-order valence-electron chi connectivity index (χ4n) is 2.50. The van der Waals surface area contributed by atoms with Crippen molar-refractivity contribution in [1.82, 2.24) is 4.98 Å². The van der Waals surface area contributed by atoms with E-state index in [1.54, 1.807) is 18.2 Å². The number of furan rings is 1. The average Bonchev–Trinajstić information content (AvgIpc) is 3.16. The van der Waals surface area contributed by atoms with Gasteiger partial charge in [0.1, 0.15) is 11.3 Å². The lowest BCUT2D eigenvalue weighted by atomic mass is 10.2. The molecule has 0 unspecified atom stereocenters. The second-order valence-electron chi connectivity index (χ2n) is 5.58. The number of carbonyl (C=O) groups is 1. The molecule has 0 aliphatic carbocycles. The van der Waals surface area contributed by atoms with E-state index in [1.165, 1.54) is 12.3 Å². The Balaban J connectivity index is 1.86. The number of nitrogens with zero attached hydrogens (tertiary/aromatic N) is 1. The van der Waals surface area contributed by atoms with Crippen molar-refractivity contribution >= 4 is 17.3 Å². The Morgan fingerprint density at radius 3 is 2.64 bits per heavy atom. The smallest absolute Gasteiger partial charge is 0.261 e. The predicted molar refractivity (Wildman–Crippen MR) is 98.1 cm³/mol. The number of aromatic nitrogens is 1. The van der Waals surface area contributed by atoms with Crippen LogP contribution in [0.1, 0.15) is 17.3 Å². The number of amides is 1. The van der Waals surface area contributed by atoms with E-state index in [-0.39, 0.29) is 5.56 Å². The van der Waals surface area contributed by atoms with E-state index in [0.717, 1.165) is 12.2 Å². The summed E-state index contributed by atoms with van der Waals surface area (Å²) in [5.41, 5.74) is 1.66. The molecule has 0 aliphatic rings. The first-order valence-corrected chi connectivity index (χ1v) is 7.99. The molecular formula is C19H19N3O3. The second-order valence-corrected chi connectivity index (χ2v) is 5.58. The van der Waals surface area contributed by atoms with Crippen molar-refractivity contribution in [2.24, 2.45) is 0 Å². The Bertz CT molecular complexity index is 929. The molecule has 0 aliphatic heterocycles. The van der Waals surface area contributed by atoms with Crippen molar-refractivity contribution in [2.45, 2.75) is 6.92 Å². The number of carbonyl (C=O) groups excluding carboxylic acids is 1. The summed E-state index contributed by atoms with van der Waals surface area (Å²) >= 11 is 0. The molecule has 2 aromatic heterocycles. The maximum atomic E-state index is 12.5. The van der Waals surface area contributed by atoms with Crippen LogP contribution in [0, 0.1) is 0 Å². The van der Waals surface area contributed by atoms with Gasteiger partial charge < -0.3 is 19.6 Å². The van der Waals surface area contributed by atoms with E-state index in [0.29, 0.717) is 17.1 Å². The molecule has 3 rings (SSSR count). The van der Waals surface area contributed by atoms with Gasteiger partial charge in [0.25, 0.3) is 11.5 Å². The van der Waals surface area contributed by atoms with Crippen molar-refractivity contribution in [2.75, 3.05) is 23.8 Å². The van der Waals surface area contributed by atoms with Crippen molar-refractivity contribution in [1.29, 1.82) is 0 Å². The summed E-state index contributed by atoms with van der Waals surface area (Å²) in [4.78, 5) is 29.5. The molecule has 0 saturated carbocycles. The topological polar surface area (TPSA) is 78.3 Å². The molecule has 6 heteroatoms. The Morgan fingerprint density at radius 2 is 1.96 bits per heavy atom. The number of benzene rings is 1. The van der Waals surface area contributed by atoms with Gasteiger partial charge in [0.2, 0.25) is 0 Å². The van der Waals surface area contributed by atoms with E-state index in [2.05, 4.69) is 10.3 Å². The van der Waals surface area contributed by atoms with Crippen LogP contribution in [0.25, 0.3) is 11.5 Å². The van der Waals surface area contributed by atoms with Gasteiger partial charge in [-0.05, 0) is 43.3 Å². The van der Waals surface area contributed by atoms with E-state index >= 15 is 0 Å². The molecule has 128 valence electrons. The van der Waals surface area contributed by atoms with Gasteiger partial charge in [-0.3, -0.25) is 9.59 Å². The highest BCUT2D eigenvalue weighted by atomic mass is 16.3. The predicted octanol–water partition coefficient (Wildman–Crippen LogP) is 3.34. The third-order valence-electron chi connectivity index (χ3n) is 3.98. The lowest BCUT2D eigenvalue weighted by molar-refractivity contribution is 0.102. The largest absolute Gasteiger partial charge is 0.463 e. The summed E-state index contributed by atoms with van der Waals surface area (Å²) in [6, 6.07) is 14.1. The Labute approximate surface area is 145 Å². The van der Waals surface area contributed by atoms with Gasteiger partial charge in [0, 0.05) is 13.6 Å². The molecule has 2 N–H and O–H groups in total. The fraction of sp³-hybridized carbons (Fsp3) is 0.158. The number of aromatic amines is 1. The highest BCUT2D eigenvalue weighted by molar-refractivity contribution is 6.05. The van der Waals surface area contributed by atoms with Gasteiger partial charge in [0.05, 0.1) is 23.3 Å². The first-order valence-electron chi connectivity index (χ1n) is 7.99. The summed E-state index contributed by atoms with van der Waals surface area (Å²) in [6.07, 6.45) is 1.52. The highest BCUT2D eigenvalue weighted by Gasteiger charge is 2.15. The standard InChI is InChI=1S/C19H19N3O3/c1-3-22(2)16-8-5-4-7-14(16)20-18(23)13-10-11-15(21-19(13)24)17-9-6-12-25-17/h4-12H,3H2,1-2H3,(H,20,23)(H,21,24). The maximum Gasteiger partial charge on any atom is 0.261 e. The summed E-state index contributed by atoms with van der Waals surface area (Å²) in [7, 11) is 1.94. The summed E-state index contributed by atoms with van der Waals surface area (Å²) < 4.78 is 5.25. The van der Waals surface area contributed by atoms with Gasteiger partial charge in [-0.1, -0.05) is 12.1 Å². The number of nitrogens with one attached hydrogen (secondary N) is 2. The number of anilines is 2. The van der Waals surface area contributed by atoms with Crippen LogP contribution >= 0.6 is 0 Å². The molecule has 3 aromatic rings. The first-order chi connectivity index (χ1) is 12.1. The van der Waals surface area contributed by atoms with Crippen LogP contribution in [0.15, 0.2) is 64.0 Å². The molecule has 0 saturated heterocycles. The Hall–Kier alpha value is -3.28. The van der Waals surface area contributed by atoms with Crippen molar-refractivity contribution in [3.8, 4) is 11.5 Å². The zero-order valence-electron chi connectivity index (χ0n) is 14.1. The Morgan fingerprint density at radius 1 is 1.16 bits per heavy atom. The number of rotatable bonds is 5. The van der Waals surface area contributed by atoms with Crippen LogP contribution < -0.4 is 15.8 Å². The third kappa shape index (κ3) is 3.47. The van der Waals surface area contributed by atoms with Crippen LogP contribution in [-0.4, -0.2) is 24.5 Å². The molecule has 1 aromatic carbocycles. The minimum absolute atomic E-state index is 0.0456. The lowest BCUT2D eigenvalue weighted by Gasteiger charge is -2.20. The molecule has 6 nitrogen and oxygen atoms in total. The Kier molecular flexibility index (Phi) is 4.70. The van der Waals surface area contributed by atoms with Gasteiger partial charge >= 0.3 is 0 Å². The number of hydrogen-bond acceptors (Lipinski definition) is 4. The molecule has 0 fully saturated rings. The zero-order valence-corrected chi connectivity index (χ0v) is 14.1. The summed E-state index contributed by atoms with van der Waals surface area (Å²) in [5, 5.41) is 2.81. The van der Waals surface area contributed by atoms with E-state index in [1.807, 2.05) is 43.1 Å². The van der Waals surface area contributed by atoms with Crippen LogP contribution in [0.3, 0.4) is 0 Å². The molecular weight excluding hydrogens is 318 g/mol. The molecule has 0 bridgehead atoms. The number of pyridine rings is 1. The van der Waals surface area contributed by atoms with E-state index in [4.69, 9.17) is 4.42 Å². The number of H-pyrrole nitrogens is 1. The molecule has 25 heavy (non-hydrogen) atoms. The number of para-hydroxylation sites is 2. The van der Waals surface area contributed by atoms with Gasteiger partial charge in [-0.15, -0.1) is 0 Å². The van der Waals surface area contributed by atoms with Gasteiger partial charge in [-0.25, -0.2) is 0 Å². The van der Waals surface area contributed by atoms with Crippen LogP contribution in [0.2, 0.25) is 0 Å². The molecule has 0 spiro atoms. The minimum Gasteiger partial charge on any atom is -0.463 e. The average molecular weight is 337 g/mol. The van der Waals surface area contributed by atoms with Crippen molar-refractivity contribution < 1.29 is 9.21 Å². The van der Waals surface area contributed by atoms with Crippen LogP contribution in [-0.2, 0) is 0 Å². The molecule has 0 radical (unpaired) electrons. The van der Waals surface area contributed by atoms with Gasteiger partial charge in [0.15, 0.2) is 0 Å². The summed E-state index contributed by atoms with van der Waals surface area (Å²) in [6.45, 7) is 2.82. The highest BCUT2D eigenvalue weighted by Crippen LogP contribution is 2.24. The quantitative estimate of drug-likeness (QED) is 0.748. The fourth-order valence-corrected chi connectivity index (χ4v) is 2.50. The third-order valence-corrected chi connectivity index (χ3v) is 3.98. The summed E-state index contributed by atoms with van der Waals surface area (Å²) in [5.74, 6) is 0.0863. The van der Waals surface area contributed by atoms with E-state index in [9.17, 15) is 9.59 Å². The second kappa shape index (κ2) is 7.09. The monoisotopic (exact) mass is 337 g/mol. The van der Waals surface area contributed by atoms with Crippen LogP contribution in [0.4, 0.5) is 11.4 Å². The first kappa shape index (κ1) is 16.6. The van der Waals surface area contributed by atoms with Crippen LogP contribution in [0.5, 0.6) is 0 Å². The molecule has 2 heterocycles. The lowest BCUT2D eigenvalue weighted by Crippen LogP contribution is -2.25. The molecule has 0 atom stereocenters. The molecule has 1 amide bonds. The zero-order chi connectivity index (χ0) is 17.8. The minimum atomic E-state index is -0.465. The van der Waals surface area contributed by atoms with Gasteiger partial charge in [-0.2, -0.15) is 0 Å². The van der Waals surface area contributed by atoms with Crippen molar-refractivity contribution in [3.63, 3.8) is 0 Å². The maximum absolute atomic E-state index is 12.5. The normalized spacial score (nSPS) is 10.5.